The number of rotatable bonds is 1. The van der Waals surface area contributed by atoms with Crippen LogP contribution in [0.4, 0.5) is 0 Å². The molecule has 0 N–H and O–H groups in total. The van der Waals surface area contributed by atoms with Gasteiger partial charge < -0.3 is 4.74 Å². The van der Waals surface area contributed by atoms with Crippen LogP contribution in [0.25, 0.3) is 10.9 Å². The number of methoxy groups -OCH3 is 1. The molecule has 2 rings (SSSR count). The first kappa shape index (κ1) is 9.65. The third-order valence-corrected chi connectivity index (χ3v) is 2.44. The van der Waals surface area contributed by atoms with Gasteiger partial charge in [-0.3, -0.25) is 0 Å². The summed E-state index contributed by atoms with van der Waals surface area (Å²) in [5.74, 6) is -0.299. The van der Waals surface area contributed by atoms with E-state index in [2.05, 4.69) is 0 Å². The van der Waals surface area contributed by atoms with Crippen molar-refractivity contribution in [1.82, 2.24) is 0 Å². The van der Waals surface area contributed by atoms with E-state index in [0.29, 0.717) is 5.56 Å². The van der Waals surface area contributed by atoms with Crippen molar-refractivity contribution in [3.8, 4) is 0 Å². The molecule has 0 unspecified atom stereocenters. The van der Waals surface area contributed by atoms with Gasteiger partial charge >= 0.3 is 5.97 Å². The third-order valence-electron chi connectivity index (χ3n) is 2.44. The number of pyridine rings is 1. The molecular formula is C12H12NO2+. The van der Waals surface area contributed by atoms with Gasteiger partial charge in [-0.25, -0.2) is 9.36 Å². The van der Waals surface area contributed by atoms with Gasteiger partial charge in [0.1, 0.15) is 7.05 Å². The lowest BCUT2D eigenvalue weighted by Gasteiger charge is -2.02. The van der Waals surface area contributed by atoms with Crippen LogP contribution >= 0.6 is 0 Å². The predicted molar refractivity (Wildman–Crippen MR) is 56.5 cm³/mol. The highest BCUT2D eigenvalue weighted by atomic mass is 16.5. The Morgan fingerprint density at radius 3 is 2.80 bits per heavy atom. The average molecular weight is 202 g/mol. The highest BCUT2D eigenvalue weighted by molar-refractivity contribution is 6.02. The summed E-state index contributed by atoms with van der Waals surface area (Å²) < 4.78 is 6.71. The standard InChI is InChI=1S/C12H12NO2/c1-13-8-4-6-9-10(12(14)15-2)5-3-7-11(9)13/h3-8H,1-2H3/q+1. The SMILES string of the molecule is COC(=O)c1cccc2c1ccc[n+]2C. The number of hydrogen-bond acceptors (Lipinski definition) is 2. The quantitative estimate of drug-likeness (QED) is 0.517. The zero-order valence-corrected chi connectivity index (χ0v) is 8.73. The molecule has 3 nitrogen and oxygen atoms in total. The summed E-state index contributed by atoms with van der Waals surface area (Å²) in [6.45, 7) is 0. The van der Waals surface area contributed by atoms with Gasteiger partial charge in [0.15, 0.2) is 6.20 Å². The minimum Gasteiger partial charge on any atom is -0.465 e. The van der Waals surface area contributed by atoms with Gasteiger partial charge in [0.25, 0.3) is 0 Å². The molecule has 0 aliphatic carbocycles. The molecule has 0 amide bonds. The van der Waals surface area contributed by atoms with Crippen LogP contribution in [0.1, 0.15) is 10.4 Å². The summed E-state index contributed by atoms with van der Waals surface area (Å²) in [4.78, 5) is 11.5. The Morgan fingerprint density at radius 1 is 1.27 bits per heavy atom. The highest BCUT2D eigenvalue weighted by Crippen LogP contribution is 2.15. The van der Waals surface area contributed by atoms with Crippen molar-refractivity contribution in [1.29, 1.82) is 0 Å². The molecule has 0 atom stereocenters. The van der Waals surface area contributed by atoms with Gasteiger partial charge in [-0.15, -0.1) is 0 Å². The van der Waals surface area contributed by atoms with Crippen LogP contribution in [0.2, 0.25) is 0 Å². The molecule has 0 saturated heterocycles. The van der Waals surface area contributed by atoms with Crippen molar-refractivity contribution >= 4 is 16.9 Å². The number of aromatic nitrogens is 1. The maximum absolute atomic E-state index is 11.5. The van der Waals surface area contributed by atoms with E-state index >= 15 is 0 Å². The highest BCUT2D eigenvalue weighted by Gasteiger charge is 2.13. The Morgan fingerprint density at radius 2 is 2.07 bits per heavy atom. The van der Waals surface area contributed by atoms with E-state index < -0.39 is 0 Å². The van der Waals surface area contributed by atoms with Crippen LogP contribution in [0.15, 0.2) is 36.5 Å². The zero-order chi connectivity index (χ0) is 10.8. The molecule has 0 bridgehead atoms. The molecule has 0 radical (unpaired) electrons. The van der Waals surface area contributed by atoms with Crippen LogP contribution in [-0.2, 0) is 11.8 Å². The number of carbonyl (C=O) groups is 1. The number of ether oxygens (including phenoxy) is 1. The molecule has 1 aromatic carbocycles. The first-order chi connectivity index (χ1) is 7.24. The first-order valence-corrected chi connectivity index (χ1v) is 4.69. The predicted octanol–water partition coefficient (Wildman–Crippen LogP) is 1.45. The molecule has 0 saturated carbocycles. The Balaban J connectivity index is 2.77. The summed E-state index contributed by atoms with van der Waals surface area (Å²) in [5.41, 5.74) is 1.62. The fourth-order valence-electron chi connectivity index (χ4n) is 1.67. The van der Waals surface area contributed by atoms with Gasteiger partial charge in [-0.2, -0.15) is 0 Å². The first-order valence-electron chi connectivity index (χ1n) is 4.69. The minimum atomic E-state index is -0.299. The second-order valence-electron chi connectivity index (χ2n) is 3.35. The fourth-order valence-corrected chi connectivity index (χ4v) is 1.67. The third kappa shape index (κ3) is 1.56. The lowest BCUT2D eigenvalue weighted by atomic mass is 10.1. The lowest BCUT2D eigenvalue weighted by Crippen LogP contribution is -2.28. The topological polar surface area (TPSA) is 30.2 Å². The number of esters is 1. The second-order valence-corrected chi connectivity index (χ2v) is 3.35. The van der Waals surface area contributed by atoms with Crippen molar-refractivity contribution in [3.05, 3.63) is 42.1 Å². The van der Waals surface area contributed by atoms with Crippen molar-refractivity contribution in [2.75, 3.05) is 7.11 Å². The maximum Gasteiger partial charge on any atom is 0.338 e. The molecule has 76 valence electrons. The molecule has 1 heterocycles. The smallest absolute Gasteiger partial charge is 0.338 e. The number of carbonyl (C=O) groups excluding carboxylic acids is 1. The number of benzene rings is 1. The Labute approximate surface area is 87.9 Å². The molecule has 0 aliphatic rings. The van der Waals surface area contributed by atoms with Crippen LogP contribution < -0.4 is 4.57 Å². The van der Waals surface area contributed by atoms with Gasteiger partial charge in [0, 0.05) is 12.1 Å². The molecule has 2 aromatic rings. The van der Waals surface area contributed by atoms with E-state index in [4.69, 9.17) is 4.74 Å². The van der Waals surface area contributed by atoms with Crippen LogP contribution in [0.3, 0.4) is 0 Å². The summed E-state index contributed by atoms with van der Waals surface area (Å²) >= 11 is 0. The Bertz CT molecular complexity index is 520. The Hall–Kier alpha value is -1.90. The zero-order valence-electron chi connectivity index (χ0n) is 8.73. The van der Waals surface area contributed by atoms with Gasteiger partial charge in [-0.1, -0.05) is 6.07 Å². The van der Waals surface area contributed by atoms with E-state index in [1.165, 1.54) is 7.11 Å². The van der Waals surface area contributed by atoms with E-state index in [1.807, 2.05) is 42.1 Å². The summed E-state index contributed by atoms with van der Waals surface area (Å²) in [6, 6.07) is 9.43. The number of nitrogens with zero attached hydrogens (tertiary/aromatic N) is 1. The Kier molecular flexibility index (Phi) is 2.37. The van der Waals surface area contributed by atoms with Gasteiger partial charge in [0.2, 0.25) is 5.52 Å². The summed E-state index contributed by atoms with van der Waals surface area (Å²) in [6.07, 6.45) is 1.95. The fraction of sp³-hybridized carbons (Fsp3) is 0.167. The summed E-state index contributed by atoms with van der Waals surface area (Å²) in [7, 11) is 3.34. The largest absolute Gasteiger partial charge is 0.465 e. The van der Waals surface area contributed by atoms with E-state index in [1.54, 1.807) is 6.07 Å². The molecule has 0 fully saturated rings. The minimum absolute atomic E-state index is 0.299. The molecule has 0 aliphatic heterocycles. The van der Waals surface area contributed by atoms with Gasteiger partial charge in [0.05, 0.1) is 18.1 Å². The van der Waals surface area contributed by atoms with Crippen LogP contribution in [0, 0.1) is 0 Å². The van der Waals surface area contributed by atoms with Crippen molar-refractivity contribution in [2.45, 2.75) is 0 Å². The molecule has 0 spiro atoms. The monoisotopic (exact) mass is 202 g/mol. The summed E-state index contributed by atoms with van der Waals surface area (Å²) in [5, 5.41) is 0.911. The number of aryl methyl sites for hydroxylation is 1. The van der Waals surface area contributed by atoms with Crippen LogP contribution in [0.5, 0.6) is 0 Å². The van der Waals surface area contributed by atoms with E-state index in [-0.39, 0.29) is 5.97 Å². The second kappa shape index (κ2) is 3.69. The van der Waals surface area contributed by atoms with E-state index in [0.717, 1.165) is 10.9 Å². The lowest BCUT2D eigenvalue weighted by molar-refractivity contribution is -0.644. The average Bonchev–Trinajstić information content (AvgIpc) is 2.28. The number of fused-ring (bicyclic) bond motifs is 1. The molecule has 15 heavy (non-hydrogen) atoms. The molecule has 3 heteroatoms. The van der Waals surface area contributed by atoms with Crippen molar-refractivity contribution < 1.29 is 14.1 Å². The molecule has 1 aromatic heterocycles. The van der Waals surface area contributed by atoms with E-state index in [9.17, 15) is 4.79 Å². The maximum atomic E-state index is 11.5. The van der Waals surface area contributed by atoms with Crippen molar-refractivity contribution in [2.24, 2.45) is 7.05 Å². The number of hydrogen-bond donors (Lipinski definition) is 0. The van der Waals surface area contributed by atoms with Crippen LogP contribution in [-0.4, -0.2) is 13.1 Å². The normalized spacial score (nSPS) is 10.3. The van der Waals surface area contributed by atoms with Crippen molar-refractivity contribution in [3.63, 3.8) is 0 Å². The molecular weight excluding hydrogens is 190 g/mol. The van der Waals surface area contributed by atoms with Gasteiger partial charge in [-0.05, 0) is 12.1 Å².